The van der Waals surface area contributed by atoms with Crippen molar-refractivity contribution in [3.63, 3.8) is 0 Å². The first-order valence-electron chi connectivity index (χ1n) is 5.45. The Bertz CT molecular complexity index is 511. The number of ether oxygens (including phenoxy) is 1. The van der Waals surface area contributed by atoms with Gasteiger partial charge in [-0.3, -0.25) is 4.98 Å². The normalized spacial score (nSPS) is 10.3. The van der Waals surface area contributed by atoms with Crippen LogP contribution in [0.25, 0.3) is 0 Å². The van der Waals surface area contributed by atoms with Gasteiger partial charge in [0.05, 0.1) is 5.69 Å². The summed E-state index contributed by atoms with van der Waals surface area (Å²) in [7, 11) is 0. The van der Waals surface area contributed by atoms with E-state index in [9.17, 15) is 0 Å². The summed E-state index contributed by atoms with van der Waals surface area (Å²) >= 11 is 3.34. The first-order chi connectivity index (χ1) is 8.19. The molecule has 0 amide bonds. The van der Waals surface area contributed by atoms with Crippen molar-refractivity contribution in [2.75, 3.05) is 0 Å². The highest BCUT2D eigenvalue weighted by atomic mass is 79.9. The van der Waals surface area contributed by atoms with E-state index >= 15 is 0 Å². The quantitative estimate of drug-likeness (QED) is 0.860. The summed E-state index contributed by atoms with van der Waals surface area (Å²) in [5, 5.41) is 0. The zero-order chi connectivity index (χ0) is 12.3. The maximum atomic E-state index is 5.72. The summed E-state index contributed by atoms with van der Waals surface area (Å²) < 4.78 is 6.65. The summed E-state index contributed by atoms with van der Waals surface area (Å²) in [4.78, 5) is 8.62. The topological polar surface area (TPSA) is 35.0 Å². The molecule has 2 aromatic rings. The lowest BCUT2D eigenvalue weighted by atomic mass is 10.2. The van der Waals surface area contributed by atoms with Crippen molar-refractivity contribution in [3.8, 4) is 11.6 Å². The number of pyridine rings is 2. The highest BCUT2D eigenvalue weighted by Crippen LogP contribution is 2.24. The Morgan fingerprint density at radius 2 is 2.06 bits per heavy atom. The van der Waals surface area contributed by atoms with Gasteiger partial charge in [-0.05, 0) is 47.5 Å². The number of hydrogen-bond acceptors (Lipinski definition) is 3. The van der Waals surface area contributed by atoms with E-state index in [1.54, 1.807) is 6.20 Å². The van der Waals surface area contributed by atoms with E-state index in [4.69, 9.17) is 4.74 Å². The van der Waals surface area contributed by atoms with Gasteiger partial charge < -0.3 is 4.74 Å². The van der Waals surface area contributed by atoms with Crippen LogP contribution in [0.15, 0.2) is 34.9 Å². The zero-order valence-electron chi connectivity index (χ0n) is 9.77. The first kappa shape index (κ1) is 12.0. The van der Waals surface area contributed by atoms with Crippen LogP contribution in [0.2, 0.25) is 0 Å². The average Bonchev–Trinajstić information content (AvgIpc) is 2.34. The Morgan fingerprint density at radius 1 is 1.24 bits per heavy atom. The smallest absolute Gasteiger partial charge is 0.219 e. The highest BCUT2D eigenvalue weighted by molar-refractivity contribution is 9.10. The molecule has 2 heterocycles. The monoisotopic (exact) mass is 292 g/mol. The van der Waals surface area contributed by atoms with Crippen molar-refractivity contribution in [1.29, 1.82) is 0 Å². The van der Waals surface area contributed by atoms with Crippen molar-refractivity contribution in [1.82, 2.24) is 9.97 Å². The fraction of sp³-hybridized carbons (Fsp3) is 0.231. The molecule has 4 heteroatoms. The fourth-order valence-electron chi connectivity index (χ4n) is 1.48. The van der Waals surface area contributed by atoms with Gasteiger partial charge in [0, 0.05) is 22.4 Å². The molecule has 0 aromatic carbocycles. The van der Waals surface area contributed by atoms with E-state index in [0.29, 0.717) is 5.88 Å². The van der Waals surface area contributed by atoms with Crippen LogP contribution < -0.4 is 4.74 Å². The molecule has 17 heavy (non-hydrogen) atoms. The second-order valence-corrected chi connectivity index (χ2v) is 4.58. The molecule has 0 spiro atoms. The number of nitrogens with zero attached hydrogens (tertiary/aromatic N) is 2. The Morgan fingerprint density at radius 3 is 2.71 bits per heavy atom. The maximum absolute atomic E-state index is 5.72. The van der Waals surface area contributed by atoms with Crippen LogP contribution in [0, 0.1) is 6.92 Å². The lowest BCUT2D eigenvalue weighted by Gasteiger charge is -2.09. The molecule has 0 saturated heterocycles. The molecule has 0 bridgehead atoms. The standard InChI is InChI=1S/C13H13BrN2O/c1-3-11-12(6-4-9(2)16-11)17-13-7-5-10(14)8-15-13/h4-8H,3H2,1-2H3. The fourth-order valence-corrected chi connectivity index (χ4v) is 1.71. The summed E-state index contributed by atoms with van der Waals surface area (Å²) in [6.07, 6.45) is 2.55. The molecule has 0 aliphatic rings. The molecule has 3 nitrogen and oxygen atoms in total. The van der Waals surface area contributed by atoms with Gasteiger partial charge in [-0.25, -0.2) is 4.98 Å². The predicted octanol–water partition coefficient (Wildman–Crippen LogP) is 3.90. The van der Waals surface area contributed by atoms with E-state index < -0.39 is 0 Å². The molecule has 0 saturated carbocycles. The number of halogens is 1. The number of aromatic nitrogens is 2. The van der Waals surface area contributed by atoms with Crippen molar-refractivity contribution in [2.45, 2.75) is 20.3 Å². The summed E-state index contributed by atoms with van der Waals surface area (Å²) in [6, 6.07) is 7.59. The molecule has 0 fully saturated rings. The van der Waals surface area contributed by atoms with Gasteiger partial charge in [-0.15, -0.1) is 0 Å². The van der Waals surface area contributed by atoms with E-state index in [1.807, 2.05) is 31.2 Å². The third kappa shape index (κ3) is 3.03. The lowest BCUT2D eigenvalue weighted by Crippen LogP contribution is -1.96. The molecule has 2 aromatic heterocycles. The van der Waals surface area contributed by atoms with E-state index in [1.165, 1.54) is 0 Å². The van der Waals surface area contributed by atoms with Crippen LogP contribution in [0.1, 0.15) is 18.3 Å². The van der Waals surface area contributed by atoms with Crippen molar-refractivity contribution in [3.05, 3.63) is 46.3 Å². The van der Waals surface area contributed by atoms with Crippen molar-refractivity contribution < 1.29 is 4.74 Å². The Hall–Kier alpha value is -1.42. The summed E-state index contributed by atoms with van der Waals surface area (Å²) in [6.45, 7) is 4.03. The molecule has 88 valence electrons. The Balaban J connectivity index is 2.26. The van der Waals surface area contributed by atoms with Crippen molar-refractivity contribution in [2.24, 2.45) is 0 Å². The largest absolute Gasteiger partial charge is 0.437 e. The van der Waals surface area contributed by atoms with Gasteiger partial charge in [-0.1, -0.05) is 6.92 Å². The second kappa shape index (κ2) is 5.27. The number of hydrogen-bond donors (Lipinski definition) is 0. The molecule has 0 aliphatic carbocycles. The maximum Gasteiger partial charge on any atom is 0.219 e. The van der Waals surface area contributed by atoms with Crippen LogP contribution in [-0.4, -0.2) is 9.97 Å². The van der Waals surface area contributed by atoms with Crippen molar-refractivity contribution >= 4 is 15.9 Å². The van der Waals surface area contributed by atoms with Crippen LogP contribution in [0.3, 0.4) is 0 Å². The minimum Gasteiger partial charge on any atom is -0.437 e. The zero-order valence-corrected chi connectivity index (χ0v) is 11.4. The minimum absolute atomic E-state index is 0.577. The van der Waals surface area contributed by atoms with Gasteiger partial charge in [0.2, 0.25) is 5.88 Å². The van der Waals surface area contributed by atoms with Gasteiger partial charge >= 0.3 is 0 Å². The number of aryl methyl sites for hydroxylation is 2. The summed E-state index contributed by atoms with van der Waals surface area (Å²) in [5.41, 5.74) is 1.95. The molecule has 0 N–H and O–H groups in total. The van der Waals surface area contributed by atoms with Crippen LogP contribution in [0.5, 0.6) is 11.6 Å². The average molecular weight is 293 g/mol. The van der Waals surface area contributed by atoms with Gasteiger partial charge in [-0.2, -0.15) is 0 Å². The Kier molecular flexibility index (Phi) is 3.74. The van der Waals surface area contributed by atoms with Crippen LogP contribution in [-0.2, 0) is 6.42 Å². The number of rotatable bonds is 3. The van der Waals surface area contributed by atoms with E-state index in [-0.39, 0.29) is 0 Å². The molecular weight excluding hydrogens is 280 g/mol. The van der Waals surface area contributed by atoms with Gasteiger partial charge in [0.1, 0.15) is 0 Å². The third-order valence-corrected chi connectivity index (χ3v) is 2.79. The highest BCUT2D eigenvalue weighted by Gasteiger charge is 2.05. The summed E-state index contributed by atoms with van der Waals surface area (Å²) in [5.74, 6) is 1.35. The SMILES string of the molecule is CCc1nc(C)ccc1Oc1ccc(Br)cn1. The van der Waals surface area contributed by atoms with E-state index in [2.05, 4.69) is 32.8 Å². The Labute approximate surface area is 109 Å². The molecule has 2 rings (SSSR count). The third-order valence-electron chi connectivity index (χ3n) is 2.32. The molecule has 0 atom stereocenters. The predicted molar refractivity (Wildman–Crippen MR) is 70.4 cm³/mol. The molecular formula is C13H13BrN2O. The van der Waals surface area contributed by atoms with Gasteiger partial charge in [0.25, 0.3) is 0 Å². The molecule has 0 unspecified atom stereocenters. The van der Waals surface area contributed by atoms with Crippen LogP contribution >= 0.6 is 15.9 Å². The minimum atomic E-state index is 0.577. The molecule has 0 radical (unpaired) electrons. The van der Waals surface area contributed by atoms with E-state index in [0.717, 1.165) is 28.0 Å². The lowest BCUT2D eigenvalue weighted by molar-refractivity contribution is 0.454. The second-order valence-electron chi connectivity index (χ2n) is 3.67. The van der Waals surface area contributed by atoms with Crippen LogP contribution in [0.4, 0.5) is 0 Å². The first-order valence-corrected chi connectivity index (χ1v) is 6.24. The van der Waals surface area contributed by atoms with Gasteiger partial charge in [0.15, 0.2) is 5.75 Å². The molecule has 0 aliphatic heterocycles.